The van der Waals surface area contributed by atoms with Crippen molar-refractivity contribution >= 4 is 17.3 Å². The fourth-order valence-corrected chi connectivity index (χ4v) is 3.68. The van der Waals surface area contributed by atoms with Crippen LogP contribution in [0.1, 0.15) is 17.9 Å². The number of hydrazine groups is 1. The predicted octanol–water partition coefficient (Wildman–Crippen LogP) is 2.99. The molecule has 6 nitrogen and oxygen atoms in total. The molecule has 2 saturated heterocycles. The molecule has 29 heavy (non-hydrogen) atoms. The first-order chi connectivity index (χ1) is 13.9. The van der Waals surface area contributed by atoms with Crippen molar-refractivity contribution in [1.29, 1.82) is 0 Å². The number of carbonyl (C=O) groups is 1. The molecule has 0 aromatic heterocycles. The van der Waals surface area contributed by atoms with Crippen LogP contribution in [0.25, 0.3) is 0 Å². The topological polar surface area (TPSA) is 65.6 Å². The van der Waals surface area contributed by atoms with E-state index >= 15 is 0 Å². The molecule has 1 amide bonds. The number of nitrogens with one attached hydrogen (secondary N) is 3. The number of anilines is 2. The third kappa shape index (κ3) is 4.63. The second-order valence-corrected chi connectivity index (χ2v) is 7.10. The first-order valence-corrected chi connectivity index (χ1v) is 9.38. The summed E-state index contributed by atoms with van der Waals surface area (Å²) in [7, 11) is 0. The van der Waals surface area contributed by atoms with E-state index in [9.17, 15) is 18.0 Å². The average Bonchev–Trinajstić information content (AvgIpc) is 3.32. The number of hydrogen-bond acceptors (Lipinski definition) is 5. The van der Waals surface area contributed by atoms with Gasteiger partial charge in [0.1, 0.15) is 11.8 Å². The SMILES string of the molecule is O=C1C(Nc2cccc(OC(F)(F)F)c2)CCN1c1ccc(C2CNNC2)cc1. The second-order valence-electron chi connectivity index (χ2n) is 7.10. The molecule has 0 radical (unpaired) electrons. The third-order valence-corrected chi connectivity index (χ3v) is 5.11. The molecule has 4 rings (SSSR count). The zero-order valence-electron chi connectivity index (χ0n) is 15.5. The van der Waals surface area contributed by atoms with Gasteiger partial charge in [0.05, 0.1) is 0 Å². The Kier molecular flexibility index (Phi) is 5.33. The van der Waals surface area contributed by atoms with Crippen molar-refractivity contribution in [2.45, 2.75) is 24.7 Å². The molecule has 0 saturated carbocycles. The van der Waals surface area contributed by atoms with Crippen molar-refractivity contribution in [2.24, 2.45) is 0 Å². The minimum atomic E-state index is -4.75. The van der Waals surface area contributed by atoms with Gasteiger partial charge in [0.15, 0.2) is 0 Å². The number of alkyl halides is 3. The maximum atomic E-state index is 12.8. The highest BCUT2D eigenvalue weighted by molar-refractivity contribution is 6.01. The molecule has 9 heteroatoms. The van der Waals surface area contributed by atoms with E-state index in [4.69, 9.17) is 0 Å². The summed E-state index contributed by atoms with van der Waals surface area (Å²) in [6.45, 7) is 2.28. The van der Waals surface area contributed by atoms with Gasteiger partial charge in [-0.25, -0.2) is 0 Å². The number of amides is 1. The average molecular weight is 406 g/mol. The number of nitrogens with zero attached hydrogens (tertiary/aromatic N) is 1. The minimum Gasteiger partial charge on any atom is -0.406 e. The van der Waals surface area contributed by atoms with Gasteiger partial charge in [-0.1, -0.05) is 18.2 Å². The summed E-state index contributed by atoms with van der Waals surface area (Å²) in [5, 5.41) is 3.02. The predicted molar refractivity (Wildman–Crippen MR) is 103 cm³/mol. The van der Waals surface area contributed by atoms with E-state index in [1.807, 2.05) is 24.3 Å². The lowest BCUT2D eigenvalue weighted by Gasteiger charge is -2.19. The van der Waals surface area contributed by atoms with Gasteiger partial charge >= 0.3 is 6.36 Å². The van der Waals surface area contributed by atoms with Crippen LogP contribution in [0.4, 0.5) is 24.5 Å². The van der Waals surface area contributed by atoms with E-state index < -0.39 is 12.4 Å². The number of ether oxygens (including phenoxy) is 1. The Bertz CT molecular complexity index is 867. The summed E-state index contributed by atoms with van der Waals surface area (Å²) < 4.78 is 41.1. The molecule has 2 aromatic rings. The molecular formula is C20H21F3N4O2. The smallest absolute Gasteiger partial charge is 0.406 e. The lowest BCUT2D eigenvalue weighted by Crippen LogP contribution is -2.33. The summed E-state index contributed by atoms with van der Waals surface area (Å²) in [5.74, 6) is -0.0284. The summed E-state index contributed by atoms with van der Waals surface area (Å²) in [4.78, 5) is 14.5. The maximum absolute atomic E-state index is 12.8. The molecule has 0 spiro atoms. The van der Waals surface area contributed by atoms with Gasteiger partial charge in [0, 0.05) is 43.0 Å². The standard InChI is InChI=1S/C20H21F3N4O2/c21-20(22,23)29-17-3-1-2-15(10-17)26-18-8-9-27(19(18)28)16-6-4-13(5-7-16)14-11-24-25-12-14/h1-7,10,14,18,24-26H,8-9,11-12H2. The molecule has 3 N–H and O–H groups in total. The number of rotatable bonds is 5. The third-order valence-electron chi connectivity index (χ3n) is 5.11. The zero-order valence-corrected chi connectivity index (χ0v) is 15.5. The molecule has 2 aliphatic rings. The van der Waals surface area contributed by atoms with Crippen molar-refractivity contribution in [3.8, 4) is 5.75 Å². The van der Waals surface area contributed by atoms with Crippen molar-refractivity contribution < 1.29 is 22.7 Å². The van der Waals surface area contributed by atoms with Crippen molar-refractivity contribution in [3.63, 3.8) is 0 Å². The summed E-state index contributed by atoms with van der Waals surface area (Å²) in [6.07, 6.45) is -4.20. The molecule has 1 unspecified atom stereocenters. The Morgan fingerprint density at radius 1 is 1.07 bits per heavy atom. The van der Waals surface area contributed by atoms with Gasteiger partial charge in [0.2, 0.25) is 5.91 Å². The molecular weight excluding hydrogens is 385 g/mol. The van der Waals surface area contributed by atoms with Gasteiger partial charge in [-0.15, -0.1) is 13.2 Å². The van der Waals surface area contributed by atoms with E-state index in [-0.39, 0.29) is 11.7 Å². The highest BCUT2D eigenvalue weighted by Gasteiger charge is 2.33. The molecule has 2 heterocycles. The van der Waals surface area contributed by atoms with Gasteiger partial charge in [-0.2, -0.15) is 0 Å². The van der Waals surface area contributed by atoms with Gasteiger partial charge in [0.25, 0.3) is 0 Å². The molecule has 2 aliphatic heterocycles. The fourth-order valence-electron chi connectivity index (χ4n) is 3.68. The largest absolute Gasteiger partial charge is 0.573 e. The second kappa shape index (κ2) is 7.92. The van der Waals surface area contributed by atoms with E-state index in [1.54, 1.807) is 11.0 Å². The number of halogens is 3. The fraction of sp³-hybridized carbons (Fsp3) is 0.350. The van der Waals surface area contributed by atoms with Crippen LogP contribution >= 0.6 is 0 Å². The van der Waals surface area contributed by atoms with Crippen LogP contribution in [0.15, 0.2) is 48.5 Å². The van der Waals surface area contributed by atoms with E-state index in [0.29, 0.717) is 24.6 Å². The Labute approximate surface area is 166 Å². The van der Waals surface area contributed by atoms with E-state index in [2.05, 4.69) is 20.9 Å². The molecule has 2 fully saturated rings. The van der Waals surface area contributed by atoms with Gasteiger partial charge in [-0.05, 0) is 36.2 Å². The first-order valence-electron chi connectivity index (χ1n) is 9.38. The lowest BCUT2D eigenvalue weighted by molar-refractivity contribution is -0.274. The quantitative estimate of drug-likeness (QED) is 0.713. The van der Waals surface area contributed by atoms with Crippen LogP contribution in [0.5, 0.6) is 5.75 Å². The lowest BCUT2D eigenvalue weighted by atomic mass is 10.00. The Hall–Kier alpha value is -2.78. The maximum Gasteiger partial charge on any atom is 0.573 e. The van der Waals surface area contributed by atoms with Crippen LogP contribution in [-0.2, 0) is 4.79 Å². The van der Waals surface area contributed by atoms with Gasteiger partial charge < -0.3 is 15.0 Å². The minimum absolute atomic E-state index is 0.107. The van der Waals surface area contributed by atoms with Crippen LogP contribution in [-0.4, -0.2) is 37.9 Å². The van der Waals surface area contributed by atoms with Crippen molar-refractivity contribution in [1.82, 2.24) is 10.9 Å². The van der Waals surface area contributed by atoms with E-state index in [0.717, 1.165) is 18.8 Å². The number of carbonyl (C=O) groups excluding carboxylic acids is 1. The van der Waals surface area contributed by atoms with Crippen molar-refractivity contribution in [2.75, 3.05) is 29.9 Å². The van der Waals surface area contributed by atoms with E-state index in [1.165, 1.54) is 23.8 Å². The molecule has 1 atom stereocenters. The van der Waals surface area contributed by atoms with Crippen LogP contribution in [0.3, 0.4) is 0 Å². The normalized spacial score (nSPS) is 20.3. The highest BCUT2D eigenvalue weighted by atomic mass is 19.4. The monoisotopic (exact) mass is 406 g/mol. The molecule has 154 valence electrons. The summed E-state index contributed by atoms with van der Waals surface area (Å²) in [5.41, 5.74) is 8.62. The Morgan fingerprint density at radius 3 is 2.48 bits per heavy atom. The highest BCUT2D eigenvalue weighted by Crippen LogP contribution is 2.28. The Balaban J connectivity index is 1.41. The number of benzene rings is 2. The summed E-state index contributed by atoms with van der Waals surface area (Å²) in [6, 6.07) is 12.9. The zero-order chi connectivity index (χ0) is 20.4. The van der Waals surface area contributed by atoms with Crippen molar-refractivity contribution in [3.05, 3.63) is 54.1 Å². The first kappa shape index (κ1) is 19.5. The van der Waals surface area contributed by atoms with Crippen LogP contribution in [0.2, 0.25) is 0 Å². The number of hydrogen-bond donors (Lipinski definition) is 3. The summed E-state index contributed by atoms with van der Waals surface area (Å²) >= 11 is 0. The van der Waals surface area contributed by atoms with Crippen LogP contribution < -0.4 is 25.8 Å². The molecule has 2 aromatic carbocycles. The molecule has 0 bridgehead atoms. The van der Waals surface area contributed by atoms with Gasteiger partial charge in [-0.3, -0.25) is 15.6 Å². The molecule has 0 aliphatic carbocycles. The Morgan fingerprint density at radius 2 is 1.79 bits per heavy atom. The van der Waals surface area contributed by atoms with Crippen LogP contribution in [0, 0.1) is 0 Å².